The Morgan fingerprint density at radius 2 is 1.93 bits per heavy atom. The normalized spacial score (nSPS) is 10.8. The number of hydrogen-bond donors (Lipinski definition) is 2. The Hall–Kier alpha value is -3.24. The molecule has 0 aliphatic carbocycles. The van der Waals surface area contributed by atoms with Crippen LogP contribution in [-0.2, 0) is 17.0 Å². The summed E-state index contributed by atoms with van der Waals surface area (Å²) in [6.07, 6.45) is 0.231. The number of anilines is 1. The van der Waals surface area contributed by atoms with Crippen LogP contribution in [0, 0.1) is 6.92 Å². The van der Waals surface area contributed by atoms with E-state index in [4.69, 9.17) is 0 Å². The van der Waals surface area contributed by atoms with E-state index in [1.807, 2.05) is 36.6 Å². The van der Waals surface area contributed by atoms with E-state index < -0.39 is 0 Å². The Morgan fingerprint density at radius 3 is 2.70 bits per heavy atom. The highest BCUT2D eigenvalue weighted by Crippen LogP contribution is 2.24. The van der Waals surface area contributed by atoms with Gasteiger partial charge in [0.25, 0.3) is 0 Å². The number of phenols is 1. The van der Waals surface area contributed by atoms with Crippen LogP contribution in [0.4, 0.5) is 5.69 Å². The van der Waals surface area contributed by atoms with Gasteiger partial charge >= 0.3 is 0 Å². The van der Waals surface area contributed by atoms with Crippen LogP contribution in [0.25, 0.3) is 5.69 Å². The van der Waals surface area contributed by atoms with Crippen molar-refractivity contribution in [2.75, 3.05) is 5.32 Å². The van der Waals surface area contributed by atoms with Gasteiger partial charge < -0.3 is 10.4 Å². The summed E-state index contributed by atoms with van der Waals surface area (Å²) in [5.41, 5.74) is 3.54. The summed E-state index contributed by atoms with van der Waals surface area (Å²) in [7, 11) is 0. The fourth-order valence-electron chi connectivity index (χ4n) is 2.64. The Labute approximate surface area is 181 Å². The van der Waals surface area contributed by atoms with Crippen LogP contribution in [0.15, 0.2) is 59.1 Å². The van der Waals surface area contributed by atoms with Crippen LogP contribution >= 0.6 is 23.1 Å². The predicted octanol–water partition coefficient (Wildman–Crippen LogP) is 3.61. The molecule has 10 heteroatoms. The number of amides is 1. The van der Waals surface area contributed by atoms with Crippen molar-refractivity contribution in [2.45, 2.75) is 24.3 Å². The van der Waals surface area contributed by atoms with Gasteiger partial charge in [-0.25, -0.2) is 4.98 Å². The summed E-state index contributed by atoms with van der Waals surface area (Å²) in [4.78, 5) is 16.8. The molecule has 0 fully saturated rings. The summed E-state index contributed by atoms with van der Waals surface area (Å²) < 4.78 is 1.60. The first-order valence-corrected chi connectivity index (χ1v) is 10.9. The number of rotatable bonds is 7. The number of aromatic nitrogens is 5. The zero-order valence-corrected chi connectivity index (χ0v) is 17.7. The standard InChI is InChI=1S/C20H18N6O2S2/c1-13-2-4-14(5-3-13)21-18(28)10-19-22-15(11-29-19)12-30-20-23-24-25-26(20)16-6-8-17(27)9-7-16/h2-9,11,27H,10,12H2,1H3,(H,21,28). The highest BCUT2D eigenvalue weighted by Gasteiger charge is 2.12. The molecular weight excluding hydrogens is 420 g/mol. The van der Waals surface area contributed by atoms with Gasteiger partial charge in [-0.2, -0.15) is 4.68 Å². The van der Waals surface area contributed by atoms with E-state index in [0.717, 1.165) is 27.6 Å². The molecule has 30 heavy (non-hydrogen) atoms. The molecule has 0 radical (unpaired) electrons. The lowest BCUT2D eigenvalue weighted by Crippen LogP contribution is -2.14. The molecule has 4 rings (SSSR count). The molecule has 0 bridgehead atoms. The maximum Gasteiger partial charge on any atom is 0.231 e. The summed E-state index contributed by atoms with van der Waals surface area (Å²) >= 11 is 2.91. The minimum absolute atomic E-state index is 0.0938. The molecule has 2 aromatic heterocycles. The molecule has 0 saturated heterocycles. The highest BCUT2D eigenvalue weighted by molar-refractivity contribution is 7.98. The van der Waals surface area contributed by atoms with Gasteiger partial charge in [-0.15, -0.1) is 16.4 Å². The minimum atomic E-state index is -0.0938. The smallest absolute Gasteiger partial charge is 0.231 e. The van der Waals surface area contributed by atoms with E-state index in [2.05, 4.69) is 25.8 Å². The van der Waals surface area contributed by atoms with Crippen LogP contribution in [0.3, 0.4) is 0 Å². The van der Waals surface area contributed by atoms with E-state index in [9.17, 15) is 9.90 Å². The number of thioether (sulfide) groups is 1. The lowest BCUT2D eigenvalue weighted by atomic mass is 10.2. The zero-order valence-electron chi connectivity index (χ0n) is 16.0. The first kappa shape index (κ1) is 20.0. The van der Waals surface area contributed by atoms with Crippen LogP contribution < -0.4 is 5.32 Å². The molecule has 0 aliphatic rings. The second kappa shape index (κ2) is 9.06. The SMILES string of the molecule is Cc1ccc(NC(=O)Cc2nc(CSc3nnnn3-c3ccc(O)cc3)cs2)cc1. The predicted molar refractivity (Wildman–Crippen MR) is 116 cm³/mol. The molecule has 0 spiro atoms. The van der Waals surface area contributed by atoms with E-state index >= 15 is 0 Å². The first-order valence-electron chi connectivity index (χ1n) is 9.07. The van der Waals surface area contributed by atoms with Crippen LogP contribution in [-0.4, -0.2) is 36.2 Å². The van der Waals surface area contributed by atoms with E-state index in [-0.39, 0.29) is 18.1 Å². The van der Waals surface area contributed by atoms with Crippen LogP contribution in [0.5, 0.6) is 5.75 Å². The third kappa shape index (κ3) is 5.02. The van der Waals surface area contributed by atoms with Crippen molar-refractivity contribution >= 4 is 34.7 Å². The number of benzene rings is 2. The van der Waals surface area contributed by atoms with Crippen molar-refractivity contribution in [3.63, 3.8) is 0 Å². The molecule has 0 atom stereocenters. The summed E-state index contributed by atoms with van der Waals surface area (Å²) in [5, 5.41) is 27.4. The number of carbonyl (C=O) groups is 1. The van der Waals surface area contributed by atoms with Crippen LogP contribution in [0.1, 0.15) is 16.3 Å². The van der Waals surface area contributed by atoms with E-state index in [0.29, 0.717) is 10.9 Å². The molecule has 4 aromatic rings. The number of phenolic OH excluding ortho intramolecular Hbond substituents is 1. The molecule has 1 amide bonds. The van der Waals surface area contributed by atoms with Gasteiger partial charge in [-0.1, -0.05) is 29.5 Å². The Balaban J connectivity index is 1.34. The Morgan fingerprint density at radius 1 is 1.17 bits per heavy atom. The van der Waals surface area contributed by atoms with Crippen molar-refractivity contribution < 1.29 is 9.90 Å². The van der Waals surface area contributed by atoms with Gasteiger partial charge in [-0.05, 0) is 53.7 Å². The van der Waals surface area contributed by atoms with Gasteiger partial charge in [0.1, 0.15) is 10.8 Å². The number of nitrogens with zero attached hydrogens (tertiary/aromatic N) is 5. The Kier molecular flexibility index (Phi) is 6.05. The topological polar surface area (TPSA) is 106 Å². The summed E-state index contributed by atoms with van der Waals surface area (Å²) in [5.74, 6) is 0.667. The Bertz CT molecular complexity index is 1140. The maximum absolute atomic E-state index is 12.2. The minimum Gasteiger partial charge on any atom is -0.508 e. The van der Waals surface area contributed by atoms with Crippen molar-refractivity contribution in [3.05, 3.63) is 70.2 Å². The van der Waals surface area contributed by atoms with Gasteiger partial charge in [0.2, 0.25) is 11.1 Å². The van der Waals surface area contributed by atoms with Crippen molar-refractivity contribution in [1.29, 1.82) is 0 Å². The second-order valence-electron chi connectivity index (χ2n) is 6.50. The molecule has 2 N–H and O–H groups in total. The average Bonchev–Trinajstić information content (AvgIpc) is 3.38. The fourth-order valence-corrected chi connectivity index (χ4v) is 4.32. The van der Waals surface area contributed by atoms with Crippen molar-refractivity contribution in [3.8, 4) is 11.4 Å². The molecule has 0 aliphatic heterocycles. The maximum atomic E-state index is 12.2. The molecule has 2 heterocycles. The van der Waals surface area contributed by atoms with Crippen molar-refractivity contribution in [1.82, 2.24) is 25.2 Å². The summed E-state index contributed by atoms with van der Waals surface area (Å²) in [6.45, 7) is 2.00. The third-order valence-corrected chi connectivity index (χ3v) is 5.98. The molecule has 0 saturated carbocycles. The number of aromatic hydroxyl groups is 1. The second-order valence-corrected chi connectivity index (χ2v) is 8.39. The number of carbonyl (C=O) groups excluding carboxylic acids is 1. The van der Waals surface area contributed by atoms with Crippen LogP contribution in [0.2, 0.25) is 0 Å². The number of nitrogens with one attached hydrogen (secondary N) is 1. The molecule has 8 nitrogen and oxygen atoms in total. The third-order valence-electron chi connectivity index (χ3n) is 4.13. The number of hydrogen-bond acceptors (Lipinski definition) is 8. The lowest BCUT2D eigenvalue weighted by Gasteiger charge is -2.04. The molecule has 152 valence electrons. The average molecular weight is 439 g/mol. The number of tetrazole rings is 1. The quantitative estimate of drug-likeness (QED) is 0.425. The lowest BCUT2D eigenvalue weighted by molar-refractivity contribution is -0.115. The van der Waals surface area contributed by atoms with Gasteiger partial charge in [0.15, 0.2) is 0 Å². The van der Waals surface area contributed by atoms with Gasteiger partial charge in [0.05, 0.1) is 17.8 Å². The first-order chi connectivity index (χ1) is 14.6. The van der Waals surface area contributed by atoms with E-state index in [1.165, 1.54) is 23.1 Å². The van der Waals surface area contributed by atoms with Crippen molar-refractivity contribution in [2.24, 2.45) is 0 Å². The fraction of sp³-hybridized carbons (Fsp3) is 0.150. The number of aryl methyl sites for hydroxylation is 1. The molecule has 0 unspecified atom stereocenters. The monoisotopic (exact) mass is 438 g/mol. The molecular formula is C20H18N6O2S2. The van der Waals surface area contributed by atoms with Gasteiger partial charge in [-0.3, -0.25) is 4.79 Å². The van der Waals surface area contributed by atoms with Gasteiger partial charge in [0, 0.05) is 16.8 Å². The summed E-state index contributed by atoms with van der Waals surface area (Å²) in [6, 6.07) is 14.3. The van der Waals surface area contributed by atoms with E-state index in [1.54, 1.807) is 28.9 Å². The zero-order chi connectivity index (χ0) is 20.9. The largest absolute Gasteiger partial charge is 0.508 e. The molecule has 2 aromatic carbocycles. The highest BCUT2D eigenvalue weighted by atomic mass is 32.2. The number of thiazole rings is 1.